The first-order valence-corrected chi connectivity index (χ1v) is 7.21. The molecule has 22 heavy (non-hydrogen) atoms. The minimum absolute atomic E-state index is 0.116. The highest BCUT2D eigenvalue weighted by molar-refractivity contribution is 6.31. The minimum Gasteiger partial charge on any atom is -0.488 e. The molecule has 0 saturated carbocycles. The molecular formula is C15H18ClN3O3. The zero-order valence-corrected chi connectivity index (χ0v) is 13.4. The first-order valence-electron chi connectivity index (χ1n) is 6.83. The minimum atomic E-state index is -1.03. The van der Waals surface area contributed by atoms with Gasteiger partial charge in [-0.25, -0.2) is 4.79 Å². The number of hydrogen-bond acceptors (Lipinski definition) is 4. The molecule has 0 unspecified atom stereocenters. The summed E-state index contributed by atoms with van der Waals surface area (Å²) >= 11 is 6.07. The van der Waals surface area contributed by atoms with Crippen molar-refractivity contribution in [2.75, 3.05) is 5.32 Å². The van der Waals surface area contributed by atoms with Gasteiger partial charge in [0.15, 0.2) is 5.75 Å². The Morgan fingerprint density at radius 3 is 2.77 bits per heavy atom. The van der Waals surface area contributed by atoms with Gasteiger partial charge < -0.3 is 15.2 Å². The van der Waals surface area contributed by atoms with Crippen molar-refractivity contribution in [2.24, 2.45) is 7.05 Å². The first-order chi connectivity index (χ1) is 10.4. The Hall–Kier alpha value is -2.21. The van der Waals surface area contributed by atoms with E-state index in [1.165, 1.54) is 6.07 Å². The third-order valence-corrected chi connectivity index (χ3v) is 3.22. The number of nitrogens with zero attached hydrogens (tertiary/aromatic N) is 2. The number of nitrogens with one attached hydrogen (secondary N) is 1. The summed E-state index contributed by atoms with van der Waals surface area (Å²) in [5, 5.41) is 17.2. The van der Waals surface area contributed by atoms with Crippen LogP contribution in [0.1, 0.15) is 29.9 Å². The number of para-hydroxylation sites is 1. The SMILES string of the molecule is CC(C)Oc1c(NCc2nn(C)cc2Cl)cccc1C(=O)O. The highest BCUT2D eigenvalue weighted by Crippen LogP contribution is 2.31. The van der Waals surface area contributed by atoms with Crippen molar-refractivity contribution < 1.29 is 14.6 Å². The van der Waals surface area contributed by atoms with Crippen LogP contribution < -0.4 is 10.1 Å². The summed E-state index contributed by atoms with van der Waals surface area (Å²) in [7, 11) is 1.79. The molecule has 0 atom stereocenters. The van der Waals surface area contributed by atoms with E-state index < -0.39 is 5.97 Å². The molecule has 0 bridgehead atoms. The van der Waals surface area contributed by atoms with E-state index in [2.05, 4.69) is 10.4 Å². The second kappa shape index (κ2) is 6.70. The fourth-order valence-corrected chi connectivity index (χ4v) is 2.26. The van der Waals surface area contributed by atoms with Crippen molar-refractivity contribution in [3.8, 4) is 5.75 Å². The molecule has 1 aromatic carbocycles. The largest absolute Gasteiger partial charge is 0.488 e. The number of rotatable bonds is 6. The Kier molecular flexibility index (Phi) is 4.92. The van der Waals surface area contributed by atoms with Crippen molar-refractivity contribution in [1.29, 1.82) is 0 Å². The van der Waals surface area contributed by atoms with Crippen molar-refractivity contribution in [3.63, 3.8) is 0 Å². The standard InChI is InChI=1S/C15H18ClN3O3/c1-9(2)22-14-10(15(20)21)5-4-6-12(14)17-7-13-11(16)8-19(3)18-13/h4-6,8-9,17H,7H2,1-3H3,(H,20,21). The molecule has 6 nitrogen and oxygen atoms in total. The van der Waals surface area contributed by atoms with Crippen molar-refractivity contribution in [3.05, 3.63) is 40.7 Å². The van der Waals surface area contributed by atoms with Gasteiger partial charge in [0, 0.05) is 13.2 Å². The molecule has 0 amide bonds. The summed E-state index contributed by atoms with van der Waals surface area (Å²) < 4.78 is 7.28. The lowest BCUT2D eigenvalue weighted by atomic mass is 10.1. The van der Waals surface area contributed by atoms with Gasteiger partial charge in [0.25, 0.3) is 0 Å². The first kappa shape index (κ1) is 16.2. The molecule has 0 aliphatic carbocycles. The smallest absolute Gasteiger partial charge is 0.339 e. The van der Waals surface area contributed by atoms with Crippen LogP contribution in [-0.2, 0) is 13.6 Å². The van der Waals surface area contributed by atoms with Gasteiger partial charge >= 0.3 is 5.97 Å². The van der Waals surface area contributed by atoms with Crippen LogP contribution in [0.25, 0.3) is 0 Å². The van der Waals surface area contributed by atoms with Crippen LogP contribution >= 0.6 is 11.6 Å². The summed E-state index contributed by atoms with van der Waals surface area (Å²) in [5.41, 5.74) is 1.39. The van der Waals surface area contributed by atoms with Crippen molar-refractivity contribution in [1.82, 2.24) is 9.78 Å². The molecule has 118 valence electrons. The summed E-state index contributed by atoms with van der Waals surface area (Å²) in [6.45, 7) is 4.06. The van der Waals surface area contributed by atoms with Gasteiger partial charge in [-0.15, -0.1) is 0 Å². The third-order valence-electron chi connectivity index (χ3n) is 2.90. The quantitative estimate of drug-likeness (QED) is 0.854. The van der Waals surface area contributed by atoms with Crippen molar-refractivity contribution >= 4 is 23.3 Å². The number of carbonyl (C=O) groups is 1. The van der Waals surface area contributed by atoms with E-state index in [4.69, 9.17) is 16.3 Å². The molecule has 0 saturated heterocycles. The number of ether oxygens (including phenoxy) is 1. The van der Waals surface area contributed by atoms with Crippen LogP contribution in [-0.4, -0.2) is 27.0 Å². The zero-order chi connectivity index (χ0) is 16.3. The van der Waals surface area contributed by atoms with Crippen LogP contribution in [0.4, 0.5) is 5.69 Å². The molecule has 0 spiro atoms. The van der Waals surface area contributed by atoms with Crippen molar-refractivity contribution in [2.45, 2.75) is 26.5 Å². The van der Waals surface area contributed by atoms with E-state index in [0.717, 1.165) is 0 Å². The van der Waals surface area contributed by atoms with E-state index in [0.29, 0.717) is 28.7 Å². The molecule has 0 fully saturated rings. The zero-order valence-electron chi connectivity index (χ0n) is 12.6. The highest BCUT2D eigenvalue weighted by Gasteiger charge is 2.17. The summed E-state index contributed by atoms with van der Waals surface area (Å²) in [6, 6.07) is 4.94. The van der Waals surface area contributed by atoms with Gasteiger partial charge in [0.1, 0.15) is 11.3 Å². The van der Waals surface area contributed by atoms with Crippen LogP contribution in [0.2, 0.25) is 5.02 Å². The van der Waals surface area contributed by atoms with Gasteiger partial charge in [-0.05, 0) is 26.0 Å². The molecule has 2 rings (SSSR count). The van der Waals surface area contributed by atoms with Gasteiger partial charge in [-0.3, -0.25) is 4.68 Å². The third kappa shape index (κ3) is 3.71. The second-order valence-corrected chi connectivity index (χ2v) is 5.51. The molecule has 0 radical (unpaired) electrons. The number of aromatic carboxylic acids is 1. The summed E-state index contributed by atoms with van der Waals surface area (Å²) in [6.07, 6.45) is 1.57. The second-order valence-electron chi connectivity index (χ2n) is 5.10. The van der Waals surface area contributed by atoms with Crippen LogP contribution in [0.3, 0.4) is 0 Å². The van der Waals surface area contributed by atoms with E-state index >= 15 is 0 Å². The monoisotopic (exact) mass is 323 g/mol. The fourth-order valence-electron chi connectivity index (χ4n) is 2.01. The number of carboxylic acid groups (broad SMARTS) is 1. The Morgan fingerprint density at radius 1 is 1.50 bits per heavy atom. The van der Waals surface area contributed by atoms with Gasteiger partial charge in [-0.2, -0.15) is 5.10 Å². The van der Waals surface area contributed by atoms with Crippen LogP contribution in [0.15, 0.2) is 24.4 Å². The maximum absolute atomic E-state index is 11.3. The van der Waals surface area contributed by atoms with Gasteiger partial charge in [0.2, 0.25) is 0 Å². The normalized spacial score (nSPS) is 10.8. The van der Waals surface area contributed by atoms with E-state index in [-0.39, 0.29) is 11.7 Å². The van der Waals surface area contributed by atoms with E-state index in [9.17, 15) is 9.90 Å². The Morgan fingerprint density at radius 2 is 2.23 bits per heavy atom. The van der Waals surface area contributed by atoms with E-state index in [1.807, 2.05) is 13.8 Å². The number of benzene rings is 1. The van der Waals surface area contributed by atoms with E-state index in [1.54, 1.807) is 30.1 Å². The molecular weight excluding hydrogens is 306 g/mol. The van der Waals surface area contributed by atoms with Gasteiger partial charge in [0.05, 0.1) is 23.4 Å². The average molecular weight is 324 g/mol. The predicted molar refractivity (Wildman–Crippen MR) is 84.7 cm³/mol. The Labute approximate surface area is 133 Å². The maximum atomic E-state index is 11.3. The lowest BCUT2D eigenvalue weighted by Gasteiger charge is -2.17. The highest BCUT2D eigenvalue weighted by atomic mass is 35.5. The number of halogens is 1. The number of aromatic nitrogens is 2. The topological polar surface area (TPSA) is 76.4 Å². The average Bonchev–Trinajstić information content (AvgIpc) is 2.74. The Balaban J connectivity index is 2.27. The Bertz CT molecular complexity index is 683. The van der Waals surface area contributed by atoms with Crippen LogP contribution in [0, 0.1) is 0 Å². The predicted octanol–water partition coefficient (Wildman–Crippen LogP) is 3.17. The fraction of sp³-hybridized carbons (Fsp3) is 0.333. The molecule has 7 heteroatoms. The molecule has 1 aromatic heterocycles. The lowest BCUT2D eigenvalue weighted by molar-refractivity contribution is 0.0690. The molecule has 1 heterocycles. The maximum Gasteiger partial charge on any atom is 0.339 e. The number of anilines is 1. The summed E-state index contributed by atoms with van der Waals surface area (Å²) in [4.78, 5) is 11.3. The van der Waals surface area contributed by atoms with Crippen LogP contribution in [0.5, 0.6) is 5.75 Å². The number of aryl methyl sites for hydroxylation is 1. The number of carboxylic acids is 1. The molecule has 2 aromatic rings. The molecule has 0 aliphatic heterocycles. The summed E-state index contributed by atoms with van der Waals surface area (Å²) in [5.74, 6) is -0.716. The number of hydrogen-bond donors (Lipinski definition) is 2. The lowest BCUT2D eigenvalue weighted by Crippen LogP contribution is -2.13. The molecule has 0 aliphatic rings. The van der Waals surface area contributed by atoms with Gasteiger partial charge in [-0.1, -0.05) is 17.7 Å². The molecule has 2 N–H and O–H groups in total.